The monoisotopic (exact) mass is 437 g/mol. The third kappa shape index (κ3) is 6.02. The van der Waals surface area contributed by atoms with E-state index in [1.165, 1.54) is 36.7 Å². The van der Waals surface area contributed by atoms with E-state index >= 15 is 0 Å². The number of carbonyl (C=O) groups is 2. The number of carbonyl (C=O) groups excluding carboxylic acids is 2. The molecule has 1 atom stereocenters. The quantitative estimate of drug-likeness (QED) is 0.686. The standard InChI is InChI=1S/C22H23F4N3O2/c23-17-8-6-15(7-9-17)14-29(21(31)22(24,25)26)19(16-10-12-27-13-11-16)20(30)28-18-4-2-1-3-5-18/h6-13,18-19H,1-5,14H2,(H,28,30)/t19-/m1/s1. The van der Waals surface area contributed by atoms with E-state index in [9.17, 15) is 27.2 Å². The molecule has 1 aliphatic rings. The number of halogens is 4. The van der Waals surface area contributed by atoms with Crippen molar-refractivity contribution in [2.75, 3.05) is 0 Å². The Morgan fingerprint density at radius 2 is 1.65 bits per heavy atom. The number of pyridine rings is 1. The molecule has 1 fully saturated rings. The van der Waals surface area contributed by atoms with Gasteiger partial charge in [0.1, 0.15) is 11.9 Å². The molecule has 1 heterocycles. The molecule has 1 saturated carbocycles. The molecule has 0 aliphatic heterocycles. The topological polar surface area (TPSA) is 62.3 Å². The average Bonchev–Trinajstić information content (AvgIpc) is 2.75. The van der Waals surface area contributed by atoms with Gasteiger partial charge in [0.15, 0.2) is 0 Å². The molecule has 1 aliphatic carbocycles. The summed E-state index contributed by atoms with van der Waals surface area (Å²) in [6, 6.07) is 5.91. The molecule has 9 heteroatoms. The molecule has 2 aromatic rings. The third-order valence-electron chi connectivity index (χ3n) is 5.30. The summed E-state index contributed by atoms with van der Waals surface area (Å²) in [6.07, 6.45) is 1.88. The predicted molar refractivity (Wildman–Crippen MR) is 105 cm³/mol. The summed E-state index contributed by atoms with van der Waals surface area (Å²) in [6.45, 7) is -0.510. The highest BCUT2D eigenvalue weighted by Gasteiger charge is 2.46. The molecule has 2 amide bonds. The van der Waals surface area contributed by atoms with Crippen LogP contribution in [0.25, 0.3) is 0 Å². The number of nitrogens with zero attached hydrogens (tertiary/aromatic N) is 2. The van der Waals surface area contributed by atoms with Gasteiger partial charge in [0, 0.05) is 25.0 Å². The second-order valence-corrected chi connectivity index (χ2v) is 7.58. The van der Waals surface area contributed by atoms with Crippen LogP contribution in [0.5, 0.6) is 0 Å². The Labute approximate surface area is 177 Å². The van der Waals surface area contributed by atoms with Crippen LogP contribution in [0, 0.1) is 5.82 Å². The Hall–Kier alpha value is -2.97. The molecular weight excluding hydrogens is 414 g/mol. The van der Waals surface area contributed by atoms with Gasteiger partial charge in [-0.25, -0.2) is 4.39 Å². The Kier molecular flexibility index (Phi) is 7.25. The highest BCUT2D eigenvalue weighted by Crippen LogP contribution is 2.30. The summed E-state index contributed by atoms with van der Waals surface area (Å²) in [5.74, 6) is -3.38. The van der Waals surface area contributed by atoms with Crippen molar-refractivity contribution in [3.63, 3.8) is 0 Å². The summed E-state index contributed by atoms with van der Waals surface area (Å²) in [4.78, 5) is 29.9. The smallest absolute Gasteiger partial charge is 0.351 e. The van der Waals surface area contributed by atoms with E-state index in [1.54, 1.807) is 0 Å². The molecule has 3 rings (SSSR count). The summed E-state index contributed by atoms with van der Waals surface area (Å²) < 4.78 is 53.7. The molecule has 0 saturated heterocycles. The normalized spacial score (nSPS) is 15.9. The minimum Gasteiger partial charge on any atom is -0.351 e. The van der Waals surface area contributed by atoms with Gasteiger partial charge in [0.05, 0.1) is 0 Å². The Morgan fingerprint density at radius 1 is 1.03 bits per heavy atom. The van der Waals surface area contributed by atoms with Crippen LogP contribution in [0.15, 0.2) is 48.8 Å². The lowest BCUT2D eigenvalue weighted by Crippen LogP contribution is -2.50. The first-order valence-electron chi connectivity index (χ1n) is 10.1. The van der Waals surface area contributed by atoms with Crippen LogP contribution in [0.4, 0.5) is 17.6 Å². The van der Waals surface area contributed by atoms with Crippen LogP contribution in [-0.4, -0.2) is 33.9 Å². The van der Waals surface area contributed by atoms with E-state index in [0.29, 0.717) is 4.90 Å². The van der Waals surface area contributed by atoms with E-state index in [0.717, 1.165) is 44.2 Å². The minimum atomic E-state index is -5.18. The van der Waals surface area contributed by atoms with Crippen LogP contribution in [0.2, 0.25) is 0 Å². The maximum atomic E-state index is 13.5. The number of alkyl halides is 3. The van der Waals surface area contributed by atoms with Crippen molar-refractivity contribution < 1.29 is 27.2 Å². The van der Waals surface area contributed by atoms with Gasteiger partial charge in [-0.05, 0) is 48.2 Å². The molecule has 1 aromatic carbocycles. The molecule has 0 radical (unpaired) electrons. The van der Waals surface area contributed by atoms with Crippen LogP contribution in [0.1, 0.15) is 49.3 Å². The van der Waals surface area contributed by atoms with Crippen molar-refractivity contribution >= 4 is 11.8 Å². The van der Waals surface area contributed by atoms with E-state index in [4.69, 9.17) is 0 Å². The lowest BCUT2D eigenvalue weighted by atomic mass is 9.94. The first kappa shape index (κ1) is 22.7. The zero-order valence-electron chi connectivity index (χ0n) is 16.7. The first-order valence-corrected chi connectivity index (χ1v) is 10.1. The van der Waals surface area contributed by atoms with Crippen LogP contribution in [-0.2, 0) is 16.1 Å². The lowest BCUT2D eigenvalue weighted by molar-refractivity contribution is -0.189. The molecule has 1 N–H and O–H groups in total. The fourth-order valence-corrected chi connectivity index (χ4v) is 3.78. The average molecular weight is 437 g/mol. The van der Waals surface area contributed by atoms with Gasteiger partial charge in [-0.1, -0.05) is 31.4 Å². The van der Waals surface area contributed by atoms with Crippen LogP contribution < -0.4 is 5.32 Å². The molecule has 166 valence electrons. The Bertz CT molecular complexity index is 882. The molecule has 1 aromatic heterocycles. The lowest BCUT2D eigenvalue weighted by Gasteiger charge is -2.33. The van der Waals surface area contributed by atoms with Crippen molar-refractivity contribution in [2.24, 2.45) is 0 Å². The van der Waals surface area contributed by atoms with Gasteiger partial charge >= 0.3 is 12.1 Å². The Morgan fingerprint density at radius 3 is 2.23 bits per heavy atom. The molecular formula is C22H23F4N3O2. The Balaban J connectivity index is 1.97. The number of nitrogens with one attached hydrogen (secondary N) is 1. The number of hydrogen-bond acceptors (Lipinski definition) is 3. The molecule has 5 nitrogen and oxygen atoms in total. The van der Waals surface area contributed by atoms with Crippen molar-refractivity contribution in [1.29, 1.82) is 0 Å². The molecule has 31 heavy (non-hydrogen) atoms. The minimum absolute atomic E-state index is 0.153. The molecule has 0 bridgehead atoms. The van der Waals surface area contributed by atoms with Gasteiger partial charge in [0.25, 0.3) is 0 Å². The van der Waals surface area contributed by atoms with Crippen LogP contribution >= 0.6 is 0 Å². The maximum absolute atomic E-state index is 13.5. The highest BCUT2D eigenvalue weighted by atomic mass is 19.4. The highest BCUT2D eigenvalue weighted by molar-refractivity contribution is 5.90. The van der Waals surface area contributed by atoms with Crippen molar-refractivity contribution in [1.82, 2.24) is 15.2 Å². The first-order chi connectivity index (χ1) is 14.8. The largest absolute Gasteiger partial charge is 0.471 e. The third-order valence-corrected chi connectivity index (χ3v) is 5.30. The fraction of sp³-hybridized carbons (Fsp3) is 0.409. The number of rotatable bonds is 6. The SMILES string of the molecule is O=C(NC1CCCCC1)[C@@H](c1ccncc1)N(Cc1ccc(F)cc1)C(=O)C(F)(F)F. The summed E-state index contributed by atoms with van der Waals surface area (Å²) in [5.41, 5.74) is 0.478. The second kappa shape index (κ2) is 9.89. The predicted octanol–water partition coefficient (Wildman–Crippen LogP) is 4.30. The van der Waals surface area contributed by atoms with E-state index in [-0.39, 0.29) is 17.2 Å². The van der Waals surface area contributed by atoms with Crippen LogP contribution in [0.3, 0.4) is 0 Å². The number of aromatic nitrogens is 1. The number of amides is 2. The fourth-order valence-electron chi connectivity index (χ4n) is 3.78. The van der Waals surface area contributed by atoms with Gasteiger partial charge in [0.2, 0.25) is 5.91 Å². The summed E-state index contributed by atoms with van der Waals surface area (Å²) in [5, 5.41) is 2.82. The van der Waals surface area contributed by atoms with E-state index < -0.39 is 36.4 Å². The van der Waals surface area contributed by atoms with E-state index in [2.05, 4.69) is 10.3 Å². The van der Waals surface area contributed by atoms with Crippen molar-refractivity contribution in [3.05, 3.63) is 65.7 Å². The number of hydrogen-bond donors (Lipinski definition) is 1. The van der Waals surface area contributed by atoms with Crippen molar-refractivity contribution in [2.45, 2.75) is 56.9 Å². The summed E-state index contributed by atoms with van der Waals surface area (Å²) in [7, 11) is 0. The van der Waals surface area contributed by atoms with Crippen molar-refractivity contribution in [3.8, 4) is 0 Å². The number of benzene rings is 1. The van der Waals surface area contributed by atoms with Gasteiger partial charge < -0.3 is 10.2 Å². The van der Waals surface area contributed by atoms with Gasteiger partial charge in [-0.15, -0.1) is 0 Å². The summed E-state index contributed by atoms with van der Waals surface area (Å²) >= 11 is 0. The van der Waals surface area contributed by atoms with E-state index in [1.807, 2.05) is 0 Å². The molecule has 0 unspecified atom stereocenters. The second-order valence-electron chi connectivity index (χ2n) is 7.58. The molecule has 0 spiro atoms. The van der Waals surface area contributed by atoms with Gasteiger partial charge in [-0.2, -0.15) is 13.2 Å². The zero-order valence-corrected chi connectivity index (χ0v) is 16.7. The zero-order chi connectivity index (χ0) is 22.4. The van der Waals surface area contributed by atoms with Gasteiger partial charge in [-0.3, -0.25) is 14.6 Å². The maximum Gasteiger partial charge on any atom is 0.471 e.